The minimum Gasteiger partial charge on any atom is -0.381 e. The summed E-state index contributed by atoms with van der Waals surface area (Å²) in [7, 11) is -3.42. The number of alkyl halides is 3. The number of hydrogen-bond donors (Lipinski definition) is 0. The molecule has 0 bridgehead atoms. The first kappa shape index (κ1) is 22.0. The Morgan fingerprint density at radius 2 is 1.71 bits per heavy atom. The van der Waals surface area contributed by atoms with Crippen LogP contribution in [0.15, 0.2) is 27.8 Å². The van der Waals surface area contributed by atoms with Crippen molar-refractivity contribution in [1.29, 1.82) is 0 Å². The van der Waals surface area contributed by atoms with Gasteiger partial charge in [0.15, 0.2) is 5.75 Å². The van der Waals surface area contributed by atoms with Gasteiger partial charge >= 0.3 is 22.0 Å². The summed E-state index contributed by atoms with van der Waals surface area (Å²) in [6, 6.07) is 1.33. The Kier molecular flexibility index (Phi) is 5.68. The predicted octanol–water partition coefficient (Wildman–Crippen LogP) is 2.46. The van der Waals surface area contributed by atoms with E-state index in [4.69, 9.17) is 15.8 Å². The number of benzene rings is 1. The van der Waals surface area contributed by atoms with E-state index in [2.05, 4.69) is 0 Å². The highest BCUT2D eigenvalue weighted by molar-refractivity contribution is 7.87. The summed E-state index contributed by atoms with van der Waals surface area (Å²) in [5, 5.41) is -1.49. The minimum absolute atomic E-state index is 0.107. The maximum absolute atomic E-state index is 14.3. The second-order valence-corrected chi connectivity index (χ2v) is 8.40. The molecule has 0 aliphatic heterocycles. The van der Waals surface area contributed by atoms with E-state index in [9.17, 15) is 35.6 Å². The Bertz CT molecular complexity index is 1150. The number of aromatic nitrogens is 2. The molecule has 154 valence electrons. The molecule has 0 fully saturated rings. The van der Waals surface area contributed by atoms with Crippen LogP contribution in [0, 0.1) is 5.82 Å². The normalized spacial score (nSPS) is 12.5. The van der Waals surface area contributed by atoms with Gasteiger partial charge in [0.05, 0.1) is 16.0 Å². The molecule has 1 aromatic heterocycles. The molecule has 0 amide bonds. The SMILES string of the molecule is CC(C)S(=O)(=O)Oc1cc(-n2c(=O)cc(C(F)(F)F)n(C)c2=O)c(F)cc1Cl. The van der Waals surface area contributed by atoms with Crippen LogP contribution < -0.4 is 15.4 Å². The van der Waals surface area contributed by atoms with Crippen molar-refractivity contribution in [2.24, 2.45) is 7.05 Å². The standard InChI is InChI=1S/C15H13ClF4N2O5S/c1-7(2)28(25,26)27-11-5-10(9(17)4-8(11)16)22-13(23)6-12(15(18,19)20)21(3)14(22)24/h4-7H,1-3H3. The lowest BCUT2D eigenvalue weighted by Crippen LogP contribution is -2.41. The van der Waals surface area contributed by atoms with Crippen molar-refractivity contribution in [2.45, 2.75) is 25.3 Å². The minimum atomic E-state index is -5.00. The van der Waals surface area contributed by atoms with Crippen LogP contribution in [-0.2, 0) is 23.3 Å². The van der Waals surface area contributed by atoms with Crippen molar-refractivity contribution in [3.05, 3.63) is 55.6 Å². The second-order valence-electron chi connectivity index (χ2n) is 5.90. The van der Waals surface area contributed by atoms with E-state index in [0.717, 1.165) is 7.05 Å². The average molecular weight is 445 g/mol. The average Bonchev–Trinajstić information content (AvgIpc) is 2.53. The Morgan fingerprint density at radius 1 is 1.14 bits per heavy atom. The van der Waals surface area contributed by atoms with Crippen molar-refractivity contribution in [3.8, 4) is 11.4 Å². The molecule has 2 aromatic rings. The zero-order valence-corrected chi connectivity index (χ0v) is 16.1. The summed E-state index contributed by atoms with van der Waals surface area (Å²) in [4.78, 5) is 24.4. The molecule has 0 aliphatic rings. The molecule has 0 saturated heterocycles. The van der Waals surface area contributed by atoms with Gasteiger partial charge in [-0.05, 0) is 19.9 Å². The summed E-state index contributed by atoms with van der Waals surface area (Å²) in [6.45, 7) is 2.59. The molecule has 1 heterocycles. The van der Waals surface area contributed by atoms with Gasteiger partial charge in [-0.3, -0.25) is 9.36 Å². The molecule has 0 radical (unpaired) electrons. The first-order chi connectivity index (χ1) is 12.7. The quantitative estimate of drug-likeness (QED) is 0.534. The fraction of sp³-hybridized carbons (Fsp3) is 0.333. The van der Waals surface area contributed by atoms with Crippen LogP contribution in [0.5, 0.6) is 5.75 Å². The molecular formula is C15H13ClF4N2O5S. The van der Waals surface area contributed by atoms with E-state index in [1.165, 1.54) is 13.8 Å². The van der Waals surface area contributed by atoms with Crippen molar-refractivity contribution in [2.75, 3.05) is 0 Å². The van der Waals surface area contributed by atoms with Crippen LogP contribution >= 0.6 is 11.6 Å². The van der Waals surface area contributed by atoms with E-state index >= 15 is 0 Å². The molecule has 2 rings (SSSR count). The third kappa shape index (κ3) is 4.07. The fourth-order valence-corrected chi connectivity index (χ4v) is 2.91. The van der Waals surface area contributed by atoms with Crippen LogP contribution in [0.2, 0.25) is 5.02 Å². The molecule has 0 atom stereocenters. The van der Waals surface area contributed by atoms with Crippen LogP contribution in [0.4, 0.5) is 17.6 Å². The number of halogens is 5. The molecule has 0 unspecified atom stereocenters. The van der Waals surface area contributed by atoms with Crippen molar-refractivity contribution in [1.82, 2.24) is 9.13 Å². The van der Waals surface area contributed by atoms with Gasteiger partial charge in [0.1, 0.15) is 11.5 Å². The van der Waals surface area contributed by atoms with Crippen molar-refractivity contribution >= 4 is 21.7 Å². The molecular weight excluding hydrogens is 432 g/mol. The van der Waals surface area contributed by atoms with E-state index in [-0.39, 0.29) is 15.2 Å². The number of rotatable bonds is 4. The fourth-order valence-electron chi connectivity index (χ4n) is 2.09. The topological polar surface area (TPSA) is 87.4 Å². The van der Waals surface area contributed by atoms with Crippen LogP contribution in [-0.4, -0.2) is 22.8 Å². The van der Waals surface area contributed by atoms with Gasteiger partial charge in [-0.2, -0.15) is 21.6 Å². The Balaban J connectivity index is 2.77. The summed E-state index contributed by atoms with van der Waals surface area (Å²) in [5.74, 6) is -1.85. The molecule has 7 nitrogen and oxygen atoms in total. The molecule has 28 heavy (non-hydrogen) atoms. The van der Waals surface area contributed by atoms with Gasteiger partial charge in [0.2, 0.25) is 0 Å². The summed E-state index contributed by atoms with van der Waals surface area (Å²) in [6.07, 6.45) is -5.00. The molecule has 0 spiro atoms. The van der Waals surface area contributed by atoms with E-state index in [1.54, 1.807) is 0 Å². The number of hydrogen-bond acceptors (Lipinski definition) is 5. The summed E-state index contributed by atoms with van der Waals surface area (Å²) in [5.41, 5.74) is -5.34. The first-order valence-electron chi connectivity index (χ1n) is 7.49. The maximum Gasteiger partial charge on any atom is 0.431 e. The lowest BCUT2D eigenvalue weighted by molar-refractivity contribution is -0.144. The Morgan fingerprint density at radius 3 is 2.21 bits per heavy atom. The Labute approximate surface area is 160 Å². The third-order valence-corrected chi connectivity index (χ3v) is 5.50. The lowest BCUT2D eigenvalue weighted by atomic mass is 10.2. The summed E-state index contributed by atoms with van der Waals surface area (Å²) >= 11 is 5.75. The summed E-state index contributed by atoms with van der Waals surface area (Å²) < 4.78 is 81.8. The first-order valence-corrected chi connectivity index (χ1v) is 9.34. The van der Waals surface area contributed by atoms with Gasteiger partial charge in [-0.1, -0.05) is 11.6 Å². The molecule has 0 N–H and O–H groups in total. The Hall–Kier alpha value is -2.34. The van der Waals surface area contributed by atoms with E-state index in [0.29, 0.717) is 12.1 Å². The molecule has 1 aromatic carbocycles. The smallest absolute Gasteiger partial charge is 0.381 e. The molecule has 13 heteroatoms. The third-order valence-electron chi connectivity index (χ3n) is 3.64. The van der Waals surface area contributed by atoms with Gasteiger partial charge in [0.25, 0.3) is 5.56 Å². The van der Waals surface area contributed by atoms with Crippen LogP contribution in [0.25, 0.3) is 5.69 Å². The highest BCUT2D eigenvalue weighted by Crippen LogP contribution is 2.31. The lowest BCUT2D eigenvalue weighted by Gasteiger charge is -2.16. The predicted molar refractivity (Wildman–Crippen MR) is 91.9 cm³/mol. The largest absolute Gasteiger partial charge is 0.431 e. The molecule has 0 aliphatic carbocycles. The highest BCUT2D eigenvalue weighted by Gasteiger charge is 2.35. The van der Waals surface area contributed by atoms with Gasteiger partial charge < -0.3 is 4.18 Å². The zero-order chi connectivity index (χ0) is 21.6. The zero-order valence-electron chi connectivity index (χ0n) is 14.5. The van der Waals surface area contributed by atoms with Crippen LogP contribution in [0.3, 0.4) is 0 Å². The van der Waals surface area contributed by atoms with Gasteiger partial charge in [-0.15, -0.1) is 0 Å². The van der Waals surface area contributed by atoms with Crippen molar-refractivity contribution < 1.29 is 30.2 Å². The second kappa shape index (κ2) is 7.24. The van der Waals surface area contributed by atoms with E-state index < -0.39 is 60.8 Å². The van der Waals surface area contributed by atoms with Crippen molar-refractivity contribution in [3.63, 3.8) is 0 Å². The monoisotopic (exact) mass is 444 g/mol. The maximum atomic E-state index is 14.3. The molecule has 0 saturated carbocycles. The van der Waals surface area contributed by atoms with Gasteiger partial charge in [-0.25, -0.2) is 13.8 Å². The van der Waals surface area contributed by atoms with Crippen LogP contribution in [0.1, 0.15) is 19.5 Å². The van der Waals surface area contributed by atoms with E-state index in [1.807, 2.05) is 0 Å². The highest BCUT2D eigenvalue weighted by atomic mass is 35.5. The number of nitrogens with zero attached hydrogens (tertiary/aromatic N) is 2. The van der Waals surface area contributed by atoms with Gasteiger partial charge in [0, 0.05) is 19.2 Å².